The molecule has 0 aromatic heterocycles. The van der Waals surface area contributed by atoms with E-state index in [-0.39, 0.29) is 11.7 Å². The molecule has 3 aliphatic rings. The van der Waals surface area contributed by atoms with Gasteiger partial charge in [0.15, 0.2) is 5.78 Å². The largest absolute Gasteiger partial charge is 0.497 e. The number of rotatable bonds is 4. The van der Waals surface area contributed by atoms with Gasteiger partial charge in [-0.15, -0.1) is 0 Å². The van der Waals surface area contributed by atoms with Crippen LogP contribution in [0.25, 0.3) is 6.08 Å². The summed E-state index contributed by atoms with van der Waals surface area (Å²) in [6, 6.07) is 9.17. The molecular formula is C24H21ClN2O5. The first kappa shape index (κ1) is 20.6. The minimum absolute atomic E-state index is 0.166. The van der Waals surface area contributed by atoms with Crippen LogP contribution >= 0.6 is 11.6 Å². The molecule has 2 saturated heterocycles. The topological polar surface area (TPSA) is 76.1 Å². The predicted molar refractivity (Wildman–Crippen MR) is 120 cm³/mol. The lowest BCUT2D eigenvalue weighted by Crippen LogP contribution is -2.48. The Morgan fingerprint density at radius 1 is 0.969 bits per heavy atom. The zero-order valence-corrected chi connectivity index (χ0v) is 18.5. The smallest absolute Gasteiger partial charge is 0.240 e. The minimum atomic E-state index is -0.800. The van der Waals surface area contributed by atoms with Gasteiger partial charge < -0.3 is 14.4 Å². The molecule has 7 nitrogen and oxygen atoms in total. The van der Waals surface area contributed by atoms with Gasteiger partial charge in [-0.25, -0.2) is 4.90 Å². The first-order valence-electron chi connectivity index (χ1n) is 10.2. The molecule has 8 heteroatoms. The number of methoxy groups -OCH3 is 2. The average Bonchev–Trinajstić information content (AvgIpc) is 3.26. The maximum absolute atomic E-state index is 13.6. The SMILES string of the molecule is COc1ccc2c(c1)C=C[C@@H]1[C@H]3C(=O)N(c4cc(Cl)ccc4OC)C(=O)[C@H]3[C@H](C(C)=O)N21. The van der Waals surface area contributed by atoms with Crippen molar-refractivity contribution in [3.05, 3.63) is 53.1 Å². The molecule has 2 fully saturated rings. The highest BCUT2D eigenvalue weighted by Crippen LogP contribution is 2.50. The molecule has 5 rings (SSSR count). The van der Waals surface area contributed by atoms with Crippen LogP contribution in [0.2, 0.25) is 5.02 Å². The molecule has 3 heterocycles. The number of Topliss-reactive ketones (excluding diaryl/α,β-unsaturated/α-hetero) is 1. The molecule has 0 N–H and O–H groups in total. The van der Waals surface area contributed by atoms with Crippen molar-refractivity contribution in [2.75, 3.05) is 24.0 Å². The van der Waals surface area contributed by atoms with E-state index in [1.807, 2.05) is 35.3 Å². The normalized spacial score (nSPS) is 25.5. The number of halogens is 1. The van der Waals surface area contributed by atoms with E-state index in [1.54, 1.807) is 19.2 Å². The molecule has 0 unspecified atom stereocenters. The molecule has 0 spiro atoms. The van der Waals surface area contributed by atoms with Gasteiger partial charge in [0.25, 0.3) is 0 Å². The summed E-state index contributed by atoms with van der Waals surface area (Å²) in [6.07, 6.45) is 3.81. The van der Waals surface area contributed by atoms with Gasteiger partial charge in [0.05, 0.1) is 37.8 Å². The number of carbonyl (C=O) groups excluding carboxylic acids is 3. The summed E-state index contributed by atoms with van der Waals surface area (Å²) in [7, 11) is 3.06. The summed E-state index contributed by atoms with van der Waals surface area (Å²) in [4.78, 5) is 43.1. The van der Waals surface area contributed by atoms with Crippen molar-refractivity contribution in [3.8, 4) is 11.5 Å². The first-order chi connectivity index (χ1) is 15.4. The molecule has 4 atom stereocenters. The summed E-state index contributed by atoms with van der Waals surface area (Å²) in [5.41, 5.74) is 1.98. The lowest BCUT2D eigenvalue weighted by atomic mass is 9.88. The van der Waals surface area contributed by atoms with Gasteiger partial charge >= 0.3 is 0 Å². The lowest BCUT2D eigenvalue weighted by molar-refractivity contribution is -0.126. The zero-order valence-electron chi connectivity index (χ0n) is 17.7. The Bertz CT molecular complexity index is 1190. The maximum atomic E-state index is 13.6. The predicted octanol–water partition coefficient (Wildman–Crippen LogP) is 3.34. The van der Waals surface area contributed by atoms with Gasteiger partial charge in [-0.3, -0.25) is 14.4 Å². The number of anilines is 2. The third-order valence-corrected chi connectivity index (χ3v) is 6.75. The van der Waals surface area contributed by atoms with E-state index in [0.29, 0.717) is 22.2 Å². The van der Waals surface area contributed by atoms with Crippen molar-refractivity contribution >= 4 is 46.6 Å². The van der Waals surface area contributed by atoms with Gasteiger partial charge in [-0.1, -0.05) is 23.8 Å². The third kappa shape index (κ3) is 2.77. The molecule has 2 aromatic carbocycles. The number of nitrogens with zero attached hydrogens (tertiary/aromatic N) is 2. The number of hydrogen-bond donors (Lipinski definition) is 0. The molecule has 164 valence electrons. The summed E-state index contributed by atoms with van der Waals surface area (Å²) in [6.45, 7) is 1.46. The van der Waals surface area contributed by atoms with Crippen LogP contribution in [0.15, 0.2) is 42.5 Å². The van der Waals surface area contributed by atoms with Gasteiger partial charge in [0.2, 0.25) is 11.8 Å². The Hall–Kier alpha value is -3.32. The van der Waals surface area contributed by atoms with Crippen LogP contribution in [0, 0.1) is 11.8 Å². The number of imide groups is 1. The molecule has 2 aromatic rings. The molecule has 0 saturated carbocycles. The van der Waals surface area contributed by atoms with Crippen LogP contribution in [0.3, 0.4) is 0 Å². The highest BCUT2D eigenvalue weighted by atomic mass is 35.5. The van der Waals surface area contributed by atoms with Gasteiger partial charge in [0.1, 0.15) is 17.5 Å². The van der Waals surface area contributed by atoms with Crippen LogP contribution in [-0.2, 0) is 14.4 Å². The van der Waals surface area contributed by atoms with E-state index < -0.39 is 29.8 Å². The Morgan fingerprint density at radius 2 is 1.72 bits per heavy atom. The average molecular weight is 453 g/mol. The molecule has 0 aliphatic carbocycles. The second-order valence-electron chi connectivity index (χ2n) is 8.12. The summed E-state index contributed by atoms with van der Waals surface area (Å²) < 4.78 is 10.7. The second-order valence-corrected chi connectivity index (χ2v) is 8.55. The number of hydrogen-bond acceptors (Lipinski definition) is 6. The van der Waals surface area contributed by atoms with Gasteiger partial charge in [0, 0.05) is 16.3 Å². The Balaban J connectivity index is 1.62. The highest BCUT2D eigenvalue weighted by Gasteiger charge is 2.64. The Kier molecular flexibility index (Phi) is 4.74. The second kappa shape index (κ2) is 7.38. The number of carbonyl (C=O) groups is 3. The van der Waals surface area contributed by atoms with Crippen LogP contribution in [0.1, 0.15) is 12.5 Å². The summed E-state index contributed by atoms with van der Waals surface area (Å²) in [5, 5.41) is 0.378. The van der Waals surface area contributed by atoms with Crippen molar-refractivity contribution in [1.29, 1.82) is 0 Å². The summed E-state index contributed by atoms with van der Waals surface area (Å²) >= 11 is 6.15. The van der Waals surface area contributed by atoms with E-state index in [9.17, 15) is 14.4 Å². The Morgan fingerprint density at radius 3 is 2.41 bits per heavy atom. The third-order valence-electron chi connectivity index (χ3n) is 6.51. The van der Waals surface area contributed by atoms with Crippen molar-refractivity contribution in [2.24, 2.45) is 11.8 Å². The summed E-state index contributed by atoms with van der Waals surface area (Å²) in [5.74, 6) is -1.38. The van der Waals surface area contributed by atoms with Crippen molar-refractivity contribution < 1.29 is 23.9 Å². The van der Waals surface area contributed by atoms with Crippen LogP contribution in [-0.4, -0.2) is 43.9 Å². The van der Waals surface area contributed by atoms with E-state index >= 15 is 0 Å². The molecule has 3 aliphatic heterocycles. The monoisotopic (exact) mass is 452 g/mol. The quantitative estimate of drug-likeness (QED) is 0.662. The van der Waals surface area contributed by atoms with Crippen molar-refractivity contribution in [1.82, 2.24) is 0 Å². The zero-order chi connectivity index (χ0) is 22.7. The minimum Gasteiger partial charge on any atom is -0.497 e. The maximum Gasteiger partial charge on any atom is 0.240 e. The molecule has 32 heavy (non-hydrogen) atoms. The number of amides is 2. The van der Waals surface area contributed by atoms with Crippen LogP contribution < -0.4 is 19.3 Å². The fourth-order valence-electron chi connectivity index (χ4n) is 5.21. The highest BCUT2D eigenvalue weighted by molar-refractivity contribution is 6.32. The molecule has 2 amide bonds. The number of ether oxygens (including phenoxy) is 2. The van der Waals surface area contributed by atoms with Gasteiger partial charge in [-0.2, -0.15) is 0 Å². The number of fused-ring (bicyclic) bond motifs is 5. The Labute approximate surface area is 190 Å². The number of benzene rings is 2. The van der Waals surface area contributed by atoms with E-state index in [1.165, 1.54) is 20.1 Å². The van der Waals surface area contributed by atoms with Crippen molar-refractivity contribution in [3.63, 3.8) is 0 Å². The molecular weight excluding hydrogens is 432 g/mol. The lowest BCUT2D eigenvalue weighted by Gasteiger charge is -2.36. The van der Waals surface area contributed by atoms with E-state index in [0.717, 1.165) is 16.2 Å². The molecule has 0 radical (unpaired) electrons. The number of ketones is 1. The fourth-order valence-corrected chi connectivity index (χ4v) is 5.38. The van der Waals surface area contributed by atoms with E-state index in [2.05, 4.69) is 0 Å². The van der Waals surface area contributed by atoms with Crippen LogP contribution in [0.4, 0.5) is 11.4 Å². The molecule has 0 bridgehead atoms. The van der Waals surface area contributed by atoms with Crippen molar-refractivity contribution in [2.45, 2.75) is 19.0 Å². The first-order valence-corrected chi connectivity index (χ1v) is 10.6. The van der Waals surface area contributed by atoms with Gasteiger partial charge in [-0.05, 0) is 43.3 Å². The van der Waals surface area contributed by atoms with E-state index in [4.69, 9.17) is 21.1 Å². The fraction of sp³-hybridized carbons (Fsp3) is 0.292. The van der Waals surface area contributed by atoms with Crippen LogP contribution in [0.5, 0.6) is 11.5 Å². The standard InChI is InChI=1S/C24H21ClN2O5/c1-12(28)22-21-20(17-7-4-13-10-15(31-2)6-8-16(13)26(17)22)23(29)27(24(21)30)18-11-14(25)5-9-19(18)32-3/h4-11,17,20-22H,1-3H3/t17-,20-,21-,22+/m1/s1.